The Bertz CT molecular complexity index is 1290. The summed E-state index contributed by atoms with van der Waals surface area (Å²) in [7, 11) is 3.05. The van der Waals surface area contributed by atoms with Crippen LogP contribution >= 0.6 is 0 Å². The van der Waals surface area contributed by atoms with E-state index in [0.29, 0.717) is 22.7 Å². The molecule has 3 aromatic carbocycles. The van der Waals surface area contributed by atoms with Gasteiger partial charge >= 0.3 is 0 Å². The van der Waals surface area contributed by atoms with Gasteiger partial charge in [0.05, 0.1) is 25.8 Å². The van der Waals surface area contributed by atoms with Gasteiger partial charge in [-0.05, 0) is 54.0 Å². The largest absolute Gasteiger partial charge is 0.503 e. The number of carbonyl (C=O) groups is 2. The van der Waals surface area contributed by atoms with E-state index in [2.05, 4.69) is 0 Å². The van der Waals surface area contributed by atoms with E-state index in [1.807, 2.05) is 55.5 Å². The molecule has 4 rings (SSSR count). The van der Waals surface area contributed by atoms with Gasteiger partial charge in [0.25, 0.3) is 5.91 Å². The highest BCUT2D eigenvalue weighted by molar-refractivity contribution is 6.19. The van der Waals surface area contributed by atoms with Crippen molar-refractivity contribution in [3.63, 3.8) is 0 Å². The van der Waals surface area contributed by atoms with Crippen LogP contribution in [0, 0.1) is 6.92 Å². The summed E-state index contributed by atoms with van der Waals surface area (Å²) in [5.74, 6) is -0.687. The van der Waals surface area contributed by atoms with Crippen molar-refractivity contribution < 1.29 is 24.2 Å². The van der Waals surface area contributed by atoms with Crippen LogP contribution in [0.4, 0.5) is 5.69 Å². The number of benzene rings is 3. The summed E-state index contributed by atoms with van der Waals surface area (Å²) in [6.07, 6.45) is 3.04. The zero-order valence-corrected chi connectivity index (χ0v) is 19.2. The van der Waals surface area contributed by atoms with Crippen LogP contribution in [0.2, 0.25) is 0 Å². The Balaban J connectivity index is 1.83. The molecule has 1 N–H and O–H groups in total. The van der Waals surface area contributed by atoms with Gasteiger partial charge < -0.3 is 14.6 Å². The lowest BCUT2D eigenvalue weighted by Gasteiger charge is -2.27. The molecule has 0 aliphatic carbocycles. The molecular weight excluding hydrogens is 430 g/mol. The molecule has 3 aromatic rings. The molecule has 1 aliphatic rings. The van der Waals surface area contributed by atoms with E-state index in [-0.39, 0.29) is 5.57 Å². The van der Waals surface area contributed by atoms with Crippen molar-refractivity contribution in [1.29, 1.82) is 0 Å². The molecule has 1 amide bonds. The third-order valence-electron chi connectivity index (χ3n) is 5.70. The molecule has 172 valence electrons. The number of allylic oxidation sites excluding steroid dienone is 1. The summed E-state index contributed by atoms with van der Waals surface area (Å²) < 4.78 is 10.8. The molecule has 1 atom stereocenters. The average Bonchev–Trinajstić information content (AvgIpc) is 3.13. The van der Waals surface area contributed by atoms with Gasteiger partial charge in [0.2, 0.25) is 0 Å². The van der Waals surface area contributed by atoms with Crippen molar-refractivity contribution in [3.05, 3.63) is 107 Å². The third-order valence-corrected chi connectivity index (χ3v) is 5.70. The number of amides is 1. The molecule has 1 aliphatic heterocycles. The van der Waals surface area contributed by atoms with Crippen LogP contribution in [0.5, 0.6) is 11.5 Å². The first kappa shape index (κ1) is 22.9. The van der Waals surface area contributed by atoms with Crippen LogP contribution in [-0.2, 0) is 9.59 Å². The third kappa shape index (κ3) is 4.30. The second-order valence-corrected chi connectivity index (χ2v) is 7.90. The second-order valence-electron chi connectivity index (χ2n) is 7.90. The Hall–Kier alpha value is -4.32. The summed E-state index contributed by atoms with van der Waals surface area (Å²) in [4.78, 5) is 28.0. The number of carbonyl (C=O) groups excluding carboxylic acids is 2. The number of hydrogen-bond donors (Lipinski definition) is 1. The van der Waals surface area contributed by atoms with Crippen LogP contribution < -0.4 is 14.4 Å². The minimum absolute atomic E-state index is 0.00547. The van der Waals surface area contributed by atoms with Gasteiger partial charge in [-0.2, -0.15) is 0 Å². The number of anilines is 1. The maximum Gasteiger partial charge on any atom is 0.294 e. The Kier molecular flexibility index (Phi) is 6.50. The van der Waals surface area contributed by atoms with Gasteiger partial charge in [0.15, 0.2) is 23.0 Å². The van der Waals surface area contributed by atoms with E-state index in [0.717, 1.165) is 11.1 Å². The van der Waals surface area contributed by atoms with Gasteiger partial charge in [0, 0.05) is 5.69 Å². The van der Waals surface area contributed by atoms with E-state index in [1.54, 1.807) is 30.3 Å². The van der Waals surface area contributed by atoms with Gasteiger partial charge in [-0.1, -0.05) is 54.6 Å². The number of aliphatic hydroxyl groups excluding tert-OH is 1. The lowest BCUT2D eigenvalue weighted by Crippen LogP contribution is -2.31. The SMILES string of the molecule is COc1ccc(C2C(C(=O)/C=C/c3ccccc3)=C(O)C(=O)N2c2cccc(C)c2)cc1OC. The fourth-order valence-corrected chi connectivity index (χ4v) is 4.07. The van der Waals surface area contributed by atoms with Crippen LogP contribution in [0.1, 0.15) is 22.7 Å². The van der Waals surface area contributed by atoms with Crippen molar-refractivity contribution in [2.24, 2.45) is 0 Å². The molecule has 0 aromatic heterocycles. The molecule has 0 radical (unpaired) electrons. The van der Waals surface area contributed by atoms with Crippen LogP contribution in [0.25, 0.3) is 6.08 Å². The van der Waals surface area contributed by atoms with Crippen molar-refractivity contribution in [1.82, 2.24) is 0 Å². The zero-order chi connectivity index (χ0) is 24.2. The number of hydrogen-bond acceptors (Lipinski definition) is 5. The molecule has 0 fully saturated rings. The second kappa shape index (κ2) is 9.67. The standard InChI is InChI=1S/C28H25NO5/c1-18-8-7-11-21(16-18)29-26(20-13-15-23(33-2)24(17-20)34-3)25(27(31)28(29)32)22(30)14-12-19-9-5-4-6-10-19/h4-17,26,31H,1-3H3/b14-12+. The highest BCUT2D eigenvalue weighted by atomic mass is 16.5. The molecule has 0 bridgehead atoms. The monoisotopic (exact) mass is 455 g/mol. The molecular formula is C28H25NO5. The number of rotatable bonds is 7. The van der Waals surface area contributed by atoms with Gasteiger partial charge in [-0.25, -0.2) is 0 Å². The fourth-order valence-electron chi connectivity index (χ4n) is 4.07. The fraction of sp³-hybridized carbons (Fsp3) is 0.143. The van der Waals surface area contributed by atoms with Gasteiger partial charge in [0.1, 0.15) is 0 Å². The normalized spacial score (nSPS) is 15.8. The van der Waals surface area contributed by atoms with Crippen LogP contribution in [0.3, 0.4) is 0 Å². The Morgan fingerprint density at radius 2 is 1.68 bits per heavy atom. The minimum atomic E-state index is -0.845. The molecule has 6 nitrogen and oxygen atoms in total. The zero-order valence-electron chi connectivity index (χ0n) is 19.2. The highest BCUT2D eigenvalue weighted by Crippen LogP contribution is 2.43. The summed E-state index contributed by atoms with van der Waals surface area (Å²) >= 11 is 0. The lowest BCUT2D eigenvalue weighted by atomic mass is 9.94. The summed E-state index contributed by atoms with van der Waals surface area (Å²) in [6.45, 7) is 1.91. The van der Waals surface area contributed by atoms with Crippen LogP contribution in [0.15, 0.2) is 90.2 Å². The maximum atomic E-state index is 13.3. The van der Waals surface area contributed by atoms with Crippen molar-refractivity contribution in [3.8, 4) is 11.5 Å². The number of aliphatic hydroxyl groups is 1. The Morgan fingerprint density at radius 3 is 2.35 bits per heavy atom. The quantitative estimate of drug-likeness (QED) is 0.496. The van der Waals surface area contributed by atoms with Crippen LogP contribution in [-0.4, -0.2) is 31.0 Å². The Morgan fingerprint density at radius 1 is 0.941 bits per heavy atom. The molecule has 0 saturated carbocycles. The Labute approximate surface area is 198 Å². The average molecular weight is 456 g/mol. The molecule has 1 unspecified atom stereocenters. The van der Waals surface area contributed by atoms with Crippen molar-refractivity contribution >= 4 is 23.5 Å². The summed E-state index contributed by atoms with van der Waals surface area (Å²) in [5, 5.41) is 10.9. The first-order chi connectivity index (χ1) is 16.4. The number of methoxy groups -OCH3 is 2. The maximum absolute atomic E-state index is 13.3. The predicted octanol–water partition coefficient (Wildman–Crippen LogP) is 5.19. The van der Waals surface area contributed by atoms with E-state index in [9.17, 15) is 14.7 Å². The lowest BCUT2D eigenvalue weighted by molar-refractivity contribution is -0.117. The predicted molar refractivity (Wildman–Crippen MR) is 131 cm³/mol. The molecule has 34 heavy (non-hydrogen) atoms. The number of nitrogens with zero attached hydrogens (tertiary/aromatic N) is 1. The number of ketones is 1. The van der Waals surface area contributed by atoms with E-state index >= 15 is 0 Å². The molecule has 1 heterocycles. The van der Waals surface area contributed by atoms with Crippen molar-refractivity contribution in [2.75, 3.05) is 19.1 Å². The first-order valence-electron chi connectivity index (χ1n) is 10.8. The molecule has 0 spiro atoms. The van der Waals surface area contributed by atoms with Gasteiger partial charge in [-0.15, -0.1) is 0 Å². The minimum Gasteiger partial charge on any atom is -0.503 e. The summed E-state index contributed by atoms with van der Waals surface area (Å²) in [6, 6.07) is 21.0. The highest BCUT2D eigenvalue weighted by Gasteiger charge is 2.44. The smallest absolute Gasteiger partial charge is 0.294 e. The topological polar surface area (TPSA) is 76.1 Å². The van der Waals surface area contributed by atoms with E-state index in [1.165, 1.54) is 25.2 Å². The van der Waals surface area contributed by atoms with Gasteiger partial charge in [-0.3, -0.25) is 14.5 Å². The van der Waals surface area contributed by atoms with E-state index < -0.39 is 23.5 Å². The number of ether oxygens (including phenoxy) is 2. The van der Waals surface area contributed by atoms with Crippen molar-refractivity contribution in [2.45, 2.75) is 13.0 Å². The first-order valence-corrected chi connectivity index (χ1v) is 10.8. The molecule has 6 heteroatoms. The molecule has 0 saturated heterocycles. The summed E-state index contributed by atoms with van der Waals surface area (Å²) in [5.41, 5.74) is 2.96. The number of aryl methyl sites for hydroxylation is 1. The van der Waals surface area contributed by atoms with E-state index in [4.69, 9.17) is 9.47 Å².